The van der Waals surface area contributed by atoms with Crippen molar-refractivity contribution in [3.63, 3.8) is 0 Å². The standard InChI is InChI=1S/C13H5ClF6N4O4/c14-7-1-5(12(15,16)17)4-21-11(7)22-6-2-8(23(25)26)10(13(18,19)20)9(3-6)24(27)28/h1-4H,(H,21,22). The first-order valence-electron chi connectivity index (χ1n) is 6.75. The van der Waals surface area contributed by atoms with Gasteiger partial charge in [-0.1, -0.05) is 11.6 Å². The number of halogens is 7. The molecule has 1 aromatic heterocycles. The molecule has 0 fully saturated rings. The van der Waals surface area contributed by atoms with E-state index in [0.29, 0.717) is 24.4 Å². The van der Waals surface area contributed by atoms with E-state index < -0.39 is 61.2 Å². The van der Waals surface area contributed by atoms with E-state index in [0.717, 1.165) is 0 Å². The second-order valence-electron chi connectivity index (χ2n) is 5.08. The van der Waals surface area contributed by atoms with E-state index in [1.54, 1.807) is 0 Å². The fraction of sp³-hybridized carbons (Fsp3) is 0.154. The number of hydrogen-bond acceptors (Lipinski definition) is 6. The van der Waals surface area contributed by atoms with Gasteiger partial charge >= 0.3 is 12.4 Å². The number of rotatable bonds is 4. The quantitative estimate of drug-likeness (QED) is 0.398. The van der Waals surface area contributed by atoms with E-state index in [-0.39, 0.29) is 0 Å². The molecule has 1 N–H and O–H groups in total. The molecule has 0 amide bonds. The molecule has 0 unspecified atom stereocenters. The number of nitro groups is 2. The van der Waals surface area contributed by atoms with Crippen LogP contribution in [0.1, 0.15) is 11.1 Å². The van der Waals surface area contributed by atoms with Gasteiger partial charge in [0, 0.05) is 18.3 Å². The lowest BCUT2D eigenvalue weighted by atomic mass is 10.1. The molecule has 0 aliphatic heterocycles. The van der Waals surface area contributed by atoms with Gasteiger partial charge in [0.1, 0.15) is 5.82 Å². The predicted octanol–water partition coefficient (Wildman–Crippen LogP) is 5.33. The van der Waals surface area contributed by atoms with Crippen molar-refractivity contribution in [3.05, 3.63) is 60.8 Å². The number of anilines is 2. The minimum Gasteiger partial charge on any atom is -0.339 e. The van der Waals surface area contributed by atoms with Crippen LogP contribution in [0, 0.1) is 20.2 Å². The maximum absolute atomic E-state index is 13.0. The number of aromatic nitrogens is 1. The normalized spacial score (nSPS) is 12.0. The van der Waals surface area contributed by atoms with Crippen molar-refractivity contribution in [3.8, 4) is 0 Å². The summed E-state index contributed by atoms with van der Waals surface area (Å²) in [6.07, 6.45) is -9.84. The third-order valence-corrected chi connectivity index (χ3v) is 3.49. The Labute approximate surface area is 155 Å². The molecule has 8 nitrogen and oxygen atoms in total. The van der Waals surface area contributed by atoms with Crippen molar-refractivity contribution >= 4 is 34.5 Å². The molecule has 0 spiro atoms. The molecular weight excluding hydrogens is 426 g/mol. The molecule has 0 saturated carbocycles. The summed E-state index contributed by atoms with van der Waals surface area (Å²) in [5, 5.41) is 23.4. The Hall–Kier alpha value is -3.16. The van der Waals surface area contributed by atoms with Gasteiger partial charge in [0.05, 0.1) is 26.1 Å². The van der Waals surface area contributed by atoms with Gasteiger partial charge in [0.25, 0.3) is 11.4 Å². The van der Waals surface area contributed by atoms with Crippen molar-refractivity contribution in [1.29, 1.82) is 0 Å². The molecule has 0 bridgehead atoms. The van der Waals surface area contributed by atoms with Crippen LogP contribution in [0.25, 0.3) is 0 Å². The zero-order valence-electron chi connectivity index (χ0n) is 12.9. The number of pyridine rings is 1. The van der Waals surface area contributed by atoms with Crippen LogP contribution in [-0.2, 0) is 12.4 Å². The Morgan fingerprint density at radius 1 is 0.929 bits per heavy atom. The van der Waals surface area contributed by atoms with Crippen LogP contribution in [0.5, 0.6) is 0 Å². The van der Waals surface area contributed by atoms with Crippen LogP contribution < -0.4 is 5.32 Å². The molecule has 2 rings (SSSR count). The maximum atomic E-state index is 13.0. The minimum atomic E-state index is -5.41. The van der Waals surface area contributed by atoms with Crippen LogP contribution in [0.15, 0.2) is 24.4 Å². The molecule has 1 aromatic carbocycles. The number of benzene rings is 1. The number of hydrogen-bond donors (Lipinski definition) is 1. The lowest BCUT2D eigenvalue weighted by molar-refractivity contribution is -0.399. The summed E-state index contributed by atoms with van der Waals surface area (Å²) in [5.41, 5.74) is -7.19. The van der Waals surface area contributed by atoms with Crippen LogP contribution in [0.4, 0.5) is 49.2 Å². The maximum Gasteiger partial charge on any atom is 0.429 e. The first-order chi connectivity index (χ1) is 12.7. The molecular formula is C13H5ClF6N4O4. The van der Waals surface area contributed by atoms with Crippen LogP contribution in [-0.4, -0.2) is 14.8 Å². The summed E-state index contributed by atoms with van der Waals surface area (Å²) >= 11 is 5.62. The second kappa shape index (κ2) is 7.10. The smallest absolute Gasteiger partial charge is 0.339 e. The summed E-state index contributed by atoms with van der Waals surface area (Å²) in [6, 6.07) is 1.10. The van der Waals surface area contributed by atoms with E-state index in [9.17, 15) is 46.6 Å². The average molecular weight is 431 g/mol. The Bertz CT molecular complexity index is 928. The molecule has 0 aliphatic carbocycles. The largest absolute Gasteiger partial charge is 0.429 e. The zero-order valence-corrected chi connectivity index (χ0v) is 13.7. The van der Waals surface area contributed by atoms with Crippen LogP contribution >= 0.6 is 11.6 Å². The van der Waals surface area contributed by atoms with Gasteiger partial charge in [0.15, 0.2) is 0 Å². The second-order valence-corrected chi connectivity index (χ2v) is 5.49. The molecule has 150 valence electrons. The SMILES string of the molecule is O=[N+]([O-])c1cc(Nc2ncc(C(F)(F)F)cc2Cl)cc([N+](=O)[O-])c1C(F)(F)F. The Kier molecular flexibility index (Phi) is 5.36. The van der Waals surface area contributed by atoms with E-state index >= 15 is 0 Å². The summed E-state index contributed by atoms with van der Waals surface area (Å²) in [6.45, 7) is 0. The monoisotopic (exact) mass is 430 g/mol. The highest BCUT2D eigenvalue weighted by molar-refractivity contribution is 6.33. The van der Waals surface area contributed by atoms with Gasteiger partial charge in [-0.25, -0.2) is 4.98 Å². The van der Waals surface area contributed by atoms with Crippen molar-refractivity contribution in [2.45, 2.75) is 12.4 Å². The van der Waals surface area contributed by atoms with Crippen molar-refractivity contribution in [1.82, 2.24) is 4.98 Å². The highest BCUT2D eigenvalue weighted by Gasteiger charge is 2.46. The first-order valence-corrected chi connectivity index (χ1v) is 7.13. The summed E-state index contributed by atoms with van der Waals surface area (Å²) < 4.78 is 76.9. The number of alkyl halides is 6. The van der Waals surface area contributed by atoms with Gasteiger partial charge in [-0.3, -0.25) is 20.2 Å². The van der Waals surface area contributed by atoms with E-state index in [4.69, 9.17) is 11.6 Å². The highest BCUT2D eigenvalue weighted by atomic mass is 35.5. The average Bonchev–Trinajstić information content (AvgIpc) is 2.53. The topological polar surface area (TPSA) is 111 Å². The molecule has 0 saturated heterocycles. The van der Waals surface area contributed by atoms with Crippen molar-refractivity contribution in [2.24, 2.45) is 0 Å². The molecule has 28 heavy (non-hydrogen) atoms. The van der Waals surface area contributed by atoms with E-state index in [1.165, 1.54) is 0 Å². The van der Waals surface area contributed by atoms with E-state index in [1.807, 2.05) is 0 Å². The third-order valence-electron chi connectivity index (χ3n) is 3.20. The van der Waals surface area contributed by atoms with Gasteiger partial charge in [0.2, 0.25) is 5.56 Å². The van der Waals surface area contributed by atoms with Gasteiger partial charge in [-0.15, -0.1) is 0 Å². The minimum absolute atomic E-state index is 0.325. The Morgan fingerprint density at radius 2 is 1.43 bits per heavy atom. The summed E-state index contributed by atoms with van der Waals surface area (Å²) in [5.74, 6) is -0.516. The van der Waals surface area contributed by atoms with Crippen molar-refractivity contribution in [2.75, 3.05) is 5.32 Å². The number of nitrogens with one attached hydrogen (secondary N) is 1. The van der Waals surface area contributed by atoms with Crippen LogP contribution in [0.3, 0.4) is 0 Å². The summed E-state index contributed by atoms with van der Waals surface area (Å²) in [4.78, 5) is 22.3. The molecule has 0 radical (unpaired) electrons. The highest BCUT2D eigenvalue weighted by Crippen LogP contribution is 2.44. The zero-order chi connectivity index (χ0) is 21.4. The fourth-order valence-electron chi connectivity index (χ4n) is 2.08. The molecule has 15 heteroatoms. The summed E-state index contributed by atoms with van der Waals surface area (Å²) in [7, 11) is 0. The van der Waals surface area contributed by atoms with Gasteiger partial charge in [-0.05, 0) is 6.07 Å². The van der Waals surface area contributed by atoms with Gasteiger partial charge < -0.3 is 5.32 Å². The molecule has 0 aliphatic rings. The molecule has 2 aromatic rings. The lowest BCUT2D eigenvalue weighted by Gasteiger charge is -2.13. The third kappa shape index (κ3) is 4.39. The predicted molar refractivity (Wildman–Crippen MR) is 82.3 cm³/mol. The Balaban J connectivity index is 2.59. The molecule has 0 atom stereocenters. The molecule has 1 heterocycles. The fourth-order valence-corrected chi connectivity index (χ4v) is 2.30. The Morgan fingerprint density at radius 3 is 1.79 bits per heavy atom. The van der Waals surface area contributed by atoms with Crippen LogP contribution in [0.2, 0.25) is 5.02 Å². The first kappa shape index (κ1) is 21.1. The van der Waals surface area contributed by atoms with Gasteiger partial charge in [-0.2, -0.15) is 26.3 Å². The number of nitrogens with zero attached hydrogens (tertiary/aromatic N) is 3. The van der Waals surface area contributed by atoms with Crippen molar-refractivity contribution < 1.29 is 36.2 Å². The van der Waals surface area contributed by atoms with E-state index in [2.05, 4.69) is 10.3 Å². The number of nitro benzene ring substituents is 2. The lowest BCUT2D eigenvalue weighted by Crippen LogP contribution is -2.13.